The Morgan fingerprint density at radius 2 is 1.67 bits per heavy atom. The molecule has 210 valence electrons. The van der Waals surface area contributed by atoms with E-state index >= 15 is 0 Å². The third kappa shape index (κ3) is 5.93. The van der Waals surface area contributed by atoms with Crippen molar-refractivity contribution in [2.75, 3.05) is 0 Å². The zero-order valence-electron chi connectivity index (χ0n) is 23.6. The summed E-state index contributed by atoms with van der Waals surface area (Å²) in [6.45, 7) is 13.5. The van der Waals surface area contributed by atoms with Gasteiger partial charge in [0.05, 0.1) is 11.8 Å². The molecule has 0 amide bonds. The van der Waals surface area contributed by atoms with Crippen molar-refractivity contribution in [3.05, 3.63) is 71.3 Å². The molecule has 4 rings (SSSR count). The quantitative estimate of drug-likeness (QED) is 0.261. The first kappa shape index (κ1) is 28.9. The van der Waals surface area contributed by atoms with Crippen molar-refractivity contribution in [1.82, 2.24) is 9.97 Å². The van der Waals surface area contributed by atoms with Crippen LogP contribution in [0.5, 0.6) is 5.75 Å². The first-order chi connectivity index (χ1) is 18.3. The van der Waals surface area contributed by atoms with Gasteiger partial charge in [-0.1, -0.05) is 53.7 Å². The van der Waals surface area contributed by atoms with E-state index in [9.17, 15) is 13.2 Å². The largest absolute Gasteiger partial charge is 0.542 e. The summed E-state index contributed by atoms with van der Waals surface area (Å²) in [5.41, 5.74) is 8.78. The molecule has 0 saturated carbocycles. The summed E-state index contributed by atoms with van der Waals surface area (Å²) in [6.07, 6.45) is 4.93. The average Bonchev–Trinajstić information content (AvgIpc) is 3.25. The maximum Gasteiger partial charge on any atom is 0.416 e. The number of alkyl halides is 3. The Kier molecular flexibility index (Phi) is 8.03. The normalized spacial score (nSPS) is 18.4. The van der Waals surface area contributed by atoms with Crippen LogP contribution in [0.4, 0.5) is 13.2 Å². The number of nitrogens with one attached hydrogen (secondary N) is 1. The Morgan fingerprint density at radius 1 is 1.03 bits per heavy atom. The van der Waals surface area contributed by atoms with Crippen LogP contribution in [0.3, 0.4) is 0 Å². The standard InChI is InChI=1S/C30H39F3N4OSi/c1-19(2)39(20(3)4,21(5)6)38-25-13-26-23(16-35-28(26)36-17-25)15-29(12-11-27(34)37-18-29)14-22-7-9-24(10-8-22)30(31,32)33/h7-11,13,16-21H,12,14-15,34H2,1-6H3,(H,35,36). The molecule has 3 aromatic rings. The van der Waals surface area contributed by atoms with Crippen LogP contribution in [0, 0.1) is 5.41 Å². The van der Waals surface area contributed by atoms with Gasteiger partial charge in [-0.05, 0) is 71.3 Å². The molecule has 0 spiro atoms. The van der Waals surface area contributed by atoms with Gasteiger partial charge in [0, 0.05) is 23.2 Å². The molecular formula is C30H39F3N4OSi. The minimum atomic E-state index is -4.36. The monoisotopic (exact) mass is 556 g/mol. The fraction of sp³-hybridized carbons (Fsp3) is 0.467. The minimum absolute atomic E-state index is 0.432. The highest BCUT2D eigenvalue weighted by molar-refractivity contribution is 6.78. The number of aromatic amines is 1. The van der Waals surface area contributed by atoms with E-state index in [1.54, 1.807) is 18.3 Å². The van der Waals surface area contributed by atoms with E-state index in [0.717, 1.165) is 40.0 Å². The molecule has 1 aliphatic heterocycles. The summed E-state index contributed by atoms with van der Waals surface area (Å²) in [5, 5.41) is 0.981. The summed E-state index contributed by atoms with van der Waals surface area (Å²) < 4.78 is 46.2. The predicted octanol–water partition coefficient (Wildman–Crippen LogP) is 8.18. The number of nitrogens with two attached hydrogens (primary N) is 1. The lowest BCUT2D eigenvalue weighted by molar-refractivity contribution is -0.137. The van der Waals surface area contributed by atoms with Crippen molar-refractivity contribution in [2.24, 2.45) is 16.1 Å². The molecule has 1 atom stereocenters. The highest BCUT2D eigenvalue weighted by Crippen LogP contribution is 2.43. The molecular weight excluding hydrogens is 517 g/mol. The molecule has 1 unspecified atom stereocenters. The highest BCUT2D eigenvalue weighted by Gasteiger charge is 2.47. The van der Waals surface area contributed by atoms with Crippen LogP contribution in [0.1, 0.15) is 64.7 Å². The lowest BCUT2D eigenvalue weighted by Gasteiger charge is -2.42. The number of H-pyrrole nitrogens is 1. The minimum Gasteiger partial charge on any atom is -0.542 e. The van der Waals surface area contributed by atoms with Gasteiger partial charge >= 0.3 is 6.18 Å². The van der Waals surface area contributed by atoms with Crippen LogP contribution in [-0.4, -0.2) is 24.5 Å². The summed E-state index contributed by atoms with van der Waals surface area (Å²) in [4.78, 5) is 12.4. The van der Waals surface area contributed by atoms with Gasteiger partial charge < -0.3 is 15.1 Å². The van der Waals surface area contributed by atoms with Crippen molar-refractivity contribution < 1.29 is 17.6 Å². The summed E-state index contributed by atoms with van der Waals surface area (Å²) in [7, 11) is -2.16. The highest BCUT2D eigenvalue weighted by atomic mass is 28.4. The molecule has 0 aliphatic carbocycles. The molecule has 5 nitrogen and oxygen atoms in total. The van der Waals surface area contributed by atoms with Gasteiger partial charge in [-0.2, -0.15) is 13.2 Å². The van der Waals surface area contributed by atoms with Gasteiger partial charge in [-0.15, -0.1) is 0 Å². The van der Waals surface area contributed by atoms with Crippen LogP contribution in [-0.2, 0) is 19.0 Å². The Labute approximate surface area is 229 Å². The van der Waals surface area contributed by atoms with E-state index in [0.29, 0.717) is 41.7 Å². The van der Waals surface area contributed by atoms with Gasteiger partial charge in [0.1, 0.15) is 17.2 Å². The Morgan fingerprint density at radius 3 is 2.21 bits per heavy atom. The van der Waals surface area contributed by atoms with Crippen molar-refractivity contribution in [3.63, 3.8) is 0 Å². The van der Waals surface area contributed by atoms with Crippen LogP contribution < -0.4 is 10.2 Å². The molecule has 9 heteroatoms. The fourth-order valence-electron chi connectivity index (χ4n) is 6.32. The van der Waals surface area contributed by atoms with E-state index in [1.165, 1.54) is 0 Å². The number of hydrogen-bond donors (Lipinski definition) is 2. The average molecular weight is 557 g/mol. The first-order valence-corrected chi connectivity index (χ1v) is 15.7. The van der Waals surface area contributed by atoms with E-state index in [-0.39, 0.29) is 0 Å². The second-order valence-corrected chi connectivity index (χ2v) is 17.2. The molecule has 3 N–H and O–H groups in total. The Bertz CT molecular complexity index is 1340. The van der Waals surface area contributed by atoms with E-state index in [2.05, 4.69) is 62.6 Å². The van der Waals surface area contributed by atoms with Crippen LogP contribution in [0.15, 0.2) is 59.6 Å². The van der Waals surface area contributed by atoms with E-state index in [4.69, 9.17) is 10.2 Å². The number of pyridine rings is 1. The SMILES string of the molecule is CC(C)[Si](Oc1cnc2[nH]cc(CC3(Cc4ccc(C(F)(F)F)cc4)C=NC(N)=CC3)c2c1)(C(C)C)C(C)C. The number of allylic oxidation sites excluding steroid dienone is 1. The molecule has 0 radical (unpaired) electrons. The van der Waals surface area contributed by atoms with Crippen molar-refractivity contribution in [2.45, 2.75) is 83.6 Å². The first-order valence-electron chi connectivity index (χ1n) is 13.6. The zero-order valence-corrected chi connectivity index (χ0v) is 24.6. The number of rotatable bonds is 9. The van der Waals surface area contributed by atoms with Crippen molar-refractivity contribution >= 4 is 25.6 Å². The molecule has 3 heterocycles. The van der Waals surface area contributed by atoms with Crippen molar-refractivity contribution in [3.8, 4) is 5.75 Å². The maximum absolute atomic E-state index is 13.1. The second-order valence-electron chi connectivity index (χ2n) is 11.8. The summed E-state index contributed by atoms with van der Waals surface area (Å²) in [5.74, 6) is 1.23. The molecule has 2 aromatic heterocycles. The predicted molar refractivity (Wildman–Crippen MR) is 154 cm³/mol. The number of halogens is 3. The third-order valence-electron chi connectivity index (χ3n) is 8.18. The number of aliphatic imine (C=N–C) groups is 1. The summed E-state index contributed by atoms with van der Waals surface area (Å²) >= 11 is 0. The second kappa shape index (κ2) is 10.8. The van der Waals surface area contributed by atoms with Crippen LogP contribution in [0.25, 0.3) is 11.0 Å². The van der Waals surface area contributed by atoms with E-state index < -0.39 is 25.5 Å². The maximum atomic E-state index is 13.1. The smallest absolute Gasteiger partial charge is 0.416 e. The Hall–Kier alpha value is -3.07. The van der Waals surface area contributed by atoms with Gasteiger partial charge in [0.25, 0.3) is 8.32 Å². The van der Waals surface area contributed by atoms with Crippen molar-refractivity contribution in [1.29, 1.82) is 0 Å². The molecule has 1 aliphatic rings. The summed E-state index contributed by atoms with van der Waals surface area (Å²) in [6, 6.07) is 7.47. The number of benzene rings is 1. The van der Waals surface area contributed by atoms with Gasteiger partial charge in [-0.3, -0.25) is 0 Å². The van der Waals surface area contributed by atoms with E-state index in [1.807, 2.05) is 18.5 Å². The molecule has 0 saturated heterocycles. The number of fused-ring (bicyclic) bond motifs is 1. The zero-order chi connectivity index (χ0) is 28.6. The molecule has 0 bridgehead atoms. The fourth-order valence-corrected chi connectivity index (χ4v) is 11.5. The van der Waals surface area contributed by atoms with Gasteiger partial charge in [-0.25, -0.2) is 9.98 Å². The molecule has 39 heavy (non-hydrogen) atoms. The van der Waals surface area contributed by atoms with Crippen LogP contribution in [0.2, 0.25) is 16.6 Å². The molecule has 1 aromatic carbocycles. The number of aromatic nitrogens is 2. The topological polar surface area (TPSA) is 76.3 Å². The molecule has 0 fully saturated rings. The number of hydrogen-bond acceptors (Lipinski definition) is 4. The Balaban J connectivity index is 1.67. The lowest BCUT2D eigenvalue weighted by Crippen LogP contribution is -2.50. The number of nitrogens with zero attached hydrogens (tertiary/aromatic N) is 2. The van der Waals surface area contributed by atoms with Gasteiger partial charge in [0.2, 0.25) is 0 Å². The van der Waals surface area contributed by atoms with Crippen LogP contribution >= 0.6 is 0 Å². The van der Waals surface area contributed by atoms with Gasteiger partial charge in [0.15, 0.2) is 0 Å². The third-order valence-corrected chi connectivity index (χ3v) is 14.2. The lowest BCUT2D eigenvalue weighted by atomic mass is 9.74.